The van der Waals surface area contributed by atoms with Gasteiger partial charge in [-0.25, -0.2) is 0 Å². The molecule has 7 nitrogen and oxygen atoms in total. The molecule has 0 saturated carbocycles. The number of hydrogen-bond donors (Lipinski definition) is 1. The van der Waals surface area contributed by atoms with Crippen molar-refractivity contribution in [2.75, 3.05) is 19.4 Å². The summed E-state index contributed by atoms with van der Waals surface area (Å²) in [6, 6.07) is 5.81. The van der Waals surface area contributed by atoms with Crippen molar-refractivity contribution in [1.82, 2.24) is 4.31 Å². The maximum absolute atomic E-state index is 12.3. The van der Waals surface area contributed by atoms with Crippen LogP contribution in [0.4, 0.5) is 18.9 Å². The lowest BCUT2D eigenvalue weighted by molar-refractivity contribution is -0.274. The highest BCUT2D eigenvalue weighted by atomic mass is 32.2. The van der Waals surface area contributed by atoms with Crippen LogP contribution in [-0.4, -0.2) is 39.1 Å². The molecule has 0 unspecified atom stereocenters. The first kappa shape index (κ1) is 20.0. The number of alkyl halides is 3. The van der Waals surface area contributed by atoms with Crippen LogP contribution in [-0.2, 0) is 10.3 Å². The van der Waals surface area contributed by atoms with E-state index in [2.05, 4.69) is 10.1 Å². The molecule has 0 atom stereocenters. The minimum atomic E-state index is -4.81. The molecule has 0 spiro atoms. The van der Waals surface area contributed by atoms with Gasteiger partial charge in [0.2, 0.25) is 0 Å². The van der Waals surface area contributed by atoms with Gasteiger partial charge in [-0.15, -0.1) is 24.5 Å². The standard InChI is InChI=1S/C14H13F3N2O5S2/c1-19(2)26(21,22)24-11-7-8-25-12(11)13(20)18-9-3-5-10(6-4-9)23-14(15,16)17/h3-8H,1-2H3,(H,18,20). The molecule has 0 aliphatic heterocycles. The van der Waals surface area contributed by atoms with Crippen LogP contribution in [0.25, 0.3) is 0 Å². The number of nitrogens with zero attached hydrogens (tertiary/aromatic N) is 1. The Morgan fingerprint density at radius 1 is 1.15 bits per heavy atom. The van der Waals surface area contributed by atoms with Gasteiger partial charge in [0.25, 0.3) is 5.91 Å². The predicted molar refractivity (Wildman–Crippen MR) is 88.6 cm³/mol. The molecule has 1 N–H and O–H groups in total. The van der Waals surface area contributed by atoms with E-state index in [1.807, 2.05) is 0 Å². The Morgan fingerprint density at radius 2 is 1.77 bits per heavy atom. The highest BCUT2D eigenvalue weighted by Crippen LogP contribution is 2.28. The Bertz CT molecular complexity index is 877. The second-order valence-corrected chi connectivity index (χ2v) is 7.63. The molecule has 0 fully saturated rings. The molecule has 2 rings (SSSR count). The summed E-state index contributed by atoms with van der Waals surface area (Å²) in [7, 11) is -1.50. The van der Waals surface area contributed by atoms with E-state index in [0.29, 0.717) is 0 Å². The molecule has 0 aliphatic rings. The molecule has 1 amide bonds. The molecule has 0 radical (unpaired) electrons. The number of halogens is 3. The van der Waals surface area contributed by atoms with E-state index in [-0.39, 0.29) is 16.3 Å². The SMILES string of the molecule is CN(C)S(=O)(=O)Oc1ccsc1C(=O)Nc1ccc(OC(F)(F)F)cc1. The van der Waals surface area contributed by atoms with Crippen molar-refractivity contribution in [3.8, 4) is 11.5 Å². The maximum atomic E-state index is 12.3. The molecule has 26 heavy (non-hydrogen) atoms. The third kappa shape index (κ3) is 5.34. The zero-order valence-electron chi connectivity index (χ0n) is 13.4. The highest BCUT2D eigenvalue weighted by Gasteiger charge is 2.31. The van der Waals surface area contributed by atoms with E-state index in [9.17, 15) is 26.4 Å². The molecule has 1 aromatic carbocycles. The van der Waals surface area contributed by atoms with Crippen LogP contribution < -0.4 is 14.2 Å². The van der Waals surface area contributed by atoms with Crippen LogP contribution in [0.1, 0.15) is 9.67 Å². The van der Waals surface area contributed by atoms with Gasteiger partial charge in [-0.2, -0.15) is 12.7 Å². The Balaban J connectivity index is 2.11. The molecule has 1 heterocycles. The van der Waals surface area contributed by atoms with Crippen molar-refractivity contribution in [2.45, 2.75) is 6.36 Å². The van der Waals surface area contributed by atoms with Gasteiger partial charge in [-0.05, 0) is 35.7 Å². The molecule has 1 aromatic heterocycles. The second kappa shape index (κ2) is 7.51. The number of thiophene rings is 1. The van der Waals surface area contributed by atoms with Crippen molar-refractivity contribution < 1.29 is 35.3 Å². The number of benzene rings is 1. The van der Waals surface area contributed by atoms with Crippen LogP contribution in [0.2, 0.25) is 0 Å². The number of anilines is 1. The van der Waals surface area contributed by atoms with Crippen LogP contribution in [0.3, 0.4) is 0 Å². The summed E-state index contributed by atoms with van der Waals surface area (Å²) in [5.74, 6) is -1.26. The Labute approximate surface area is 151 Å². The minimum absolute atomic E-state index is 0.00829. The summed E-state index contributed by atoms with van der Waals surface area (Å²) in [5, 5.41) is 3.90. The minimum Gasteiger partial charge on any atom is -0.406 e. The number of carbonyl (C=O) groups excluding carboxylic acids is 1. The average molecular weight is 410 g/mol. The number of rotatable bonds is 6. The third-order valence-corrected chi connectivity index (χ3v) is 5.00. The van der Waals surface area contributed by atoms with Crippen molar-refractivity contribution in [2.24, 2.45) is 0 Å². The van der Waals surface area contributed by atoms with Gasteiger partial charge in [0, 0.05) is 19.8 Å². The van der Waals surface area contributed by atoms with Crippen molar-refractivity contribution in [1.29, 1.82) is 0 Å². The van der Waals surface area contributed by atoms with E-state index in [0.717, 1.165) is 27.8 Å². The van der Waals surface area contributed by atoms with E-state index < -0.39 is 28.3 Å². The zero-order chi connectivity index (χ0) is 19.5. The van der Waals surface area contributed by atoms with Crippen LogP contribution in [0, 0.1) is 0 Å². The Kier molecular flexibility index (Phi) is 5.78. The van der Waals surface area contributed by atoms with Gasteiger partial charge in [-0.1, -0.05) is 0 Å². The Hall–Kier alpha value is -2.31. The smallest absolute Gasteiger partial charge is 0.406 e. The first-order valence-electron chi connectivity index (χ1n) is 6.84. The fourth-order valence-electron chi connectivity index (χ4n) is 1.64. The van der Waals surface area contributed by atoms with Gasteiger partial charge in [0.05, 0.1) is 0 Å². The summed E-state index contributed by atoms with van der Waals surface area (Å²) in [6.45, 7) is 0. The fourth-order valence-corrected chi connectivity index (χ4v) is 2.92. The van der Waals surface area contributed by atoms with Crippen LogP contribution >= 0.6 is 11.3 Å². The normalized spacial score (nSPS) is 12.1. The summed E-state index contributed by atoms with van der Waals surface area (Å²) < 4.78 is 69.3. The van der Waals surface area contributed by atoms with E-state index in [1.165, 1.54) is 37.7 Å². The van der Waals surface area contributed by atoms with Crippen molar-refractivity contribution >= 4 is 33.2 Å². The second-order valence-electron chi connectivity index (χ2n) is 4.96. The summed E-state index contributed by atoms with van der Waals surface area (Å²) in [5.41, 5.74) is 0.194. The quantitative estimate of drug-likeness (QED) is 0.791. The number of hydrogen-bond acceptors (Lipinski definition) is 6. The molecule has 0 aliphatic carbocycles. The zero-order valence-corrected chi connectivity index (χ0v) is 15.0. The van der Waals surface area contributed by atoms with Gasteiger partial charge < -0.3 is 14.2 Å². The van der Waals surface area contributed by atoms with E-state index in [4.69, 9.17) is 4.18 Å². The molecule has 0 bridgehead atoms. The molecule has 12 heteroatoms. The van der Waals surface area contributed by atoms with Gasteiger partial charge in [-0.3, -0.25) is 4.79 Å². The molecule has 142 valence electrons. The molecular weight excluding hydrogens is 397 g/mol. The van der Waals surface area contributed by atoms with Crippen LogP contribution in [0.5, 0.6) is 11.5 Å². The van der Waals surface area contributed by atoms with Crippen molar-refractivity contribution in [3.05, 3.63) is 40.6 Å². The van der Waals surface area contributed by atoms with Gasteiger partial charge >= 0.3 is 16.7 Å². The third-order valence-electron chi connectivity index (χ3n) is 2.82. The van der Waals surface area contributed by atoms with Crippen LogP contribution in [0.15, 0.2) is 35.7 Å². The molecule has 2 aromatic rings. The van der Waals surface area contributed by atoms with Gasteiger partial charge in [0.1, 0.15) is 10.6 Å². The first-order valence-corrected chi connectivity index (χ1v) is 9.09. The summed E-state index contributed by atoms with van der Waals surface area (Å²) in [4.78, 5) is 12.3. The predicted octanol–water partition coefficient (Wildman–Crippen LogP) is 3.08. The first-order chi connectivity index (χ1) is 12.0. The molecular formula is C14H13F3N2O5S2. The molecule has 0 saturated heterocycles. The summed E-state index contributed by atoms with van der Waals surface area (Å²) >= 11 is 0.947. The number of carbonyl (C=O) groups is 1. The number of amides is 1. The van der Waals surface area contributed by atoms with E-state index in [1.54, 1.807) is 0 Å². The lowest BCUT2D eigenvalue weighted by Gasteiger charge is -2.12. The largest absolute Gasteiger partial charge is 0.573 e. The van der Waals surface area contributed by atoms with E-state index >= 15 is 0 Å². The highest BCUT2D eigenvalue weighted by molar-refractivity contribution is 7.84. The Morgan fingerprint density at radius 3 is 2.31 bits per heavy atom. The average Bonchev–Trinajstić information content (AvgIpc) is 2.95. The summed E-state index contributed by atoms with van der Waals surface area (Å²) in [6.07, 6.45) is -4.81. The van der Waals surface area contributed by atoms with Gasteiger partial charge in [0.15, 0.2) is 5.75 Å². The lowest BCUT2D eigenvalue weighted by Crippen LogP contribution is -2.27. The number of ether oxygens (including phenoxy) is 1. The van der Waals surface area contributed by atoms with Crippen molar-refractivity contribution in [3.63, 3.8) is 0 Å². The topological polar surface area (TPSA) is 84.9 Å². The lowest BCUT2D eigenvalue weighted by atomic mass is 10.3. The monoisotopic (exact) mass is 410 g/mol. The maximum Gasteiger partial charge on any atom is 0.573 e. The number of nitrogens with one attached hydrogen (secondary N) is 1. The fraction of sp³-hybridized carbons (Fsp3) is 0.214.